The van der Waals surface area contributed by atoms with Crippen LogP contribution in [-0.2, 0) is 24.0 Å². The van der Waals surface area contributed by atoms with Crippen molar-refractivity contribution in [3.05, 3.63) is 92.9 Å². The summed E-state index contributed by atoms with van der Waals surface area (Å²) in [7, 11) is 7.65. The third-order valence-corrected chi connectivity index (χ3v) is 11.4. The topological polar surface area (TPSA) is 349 Å². The fourth-order valence-corrected chi connectivity index (χ4v) is 7.76. The zero-order valence-corrected chi connectivity index (χ0v) is 39.9. The molecule has 5 amide bonds. The summed E-state index contributed by atoms with van der Waals surface area (Å²) in [5.41, 5.74) is 23.2. The second-order valence-electron chi connectivity index (χ2n) is 17.1. The Morgan fingerprint density at radius 3 is 2.24 bits per heavy atom. The van der Waals surface area contributed by atoms with Crippen LogP contribution in [0.4, 0.5) is 5.69 Å². The molecule has 1 aliphatic heterocycles. The Labute approximate surface area is 405 Å². The van der Waals surface area contributed by atoms with E-state index in [4.69, 9.17) is 21.7 Å². The minimum absolute atomic E-state index is 0.0486. The number of carboxylic acid groups (broad SMARTS) is 2. The lowest BCUT2D eigenvalue weighted by Gasteiger charge is -2.36. The number of benzene rings is 2. The first kappa shape index (κ1) is 54.7. The summed E-state index contributed by atoms with van der Waals surface area (Å²) in [5.74, 6) is -5.08. The summed E-state index contributed by atoms with van der Waals surface area (Å²) in [6.07, 6.45) is 8.32. The number of guanidine groups is 1. The van der Waals surface area contributed by atoms with Gasteiger partial charge in [0.25, 0.3) is 5.91 Å². The first-order valence-corrected chi connectivity index (χ1v) is 22.9. The van der Waals surface area contributed by atoms with Gasteiger partial charge in [0, 0.05) is 79.9 Å². The van der Waals surface area contributed by atoms with Gasteiger partial charge in [-0.25, -0.2) is 14.2 Å². The standard InChI is InChI=1S/C47H63N13O10/c1-59(2)29-15-18-37-33(24-29)42(34-25-30(60(3)4)16-19-38(34)70-37)32-23-28(14-17-31(32)45(66)67)43(64)52-21-9-7-11-36(46(68)69)57-39(61)13-6-5-8-20-51-40(62)26-54-44(65)35(12-10-22-53-47(48)49)56-41(63)27-55-58-50/h14-19,23-25,35-37,42H,5-13,20-22,26-27H2,1-4H3,(H10-,48,49,51,52,53,54,56,57,61,62,63,64,65,66,67,68,69)/p+1/t35-,36-,37?,42?/m0/s1. The first-order valence-electron chi connectivity index (χ1n) is 22.9. The lowest BCUT2D eigenvalue weighted by atomic mass is 9.76. The number of aliphatic imine (C=N–C) groups is 1. The maximum absolute atomic E-state index is 13.6. The van der Waals surface area contributed by atoms with Crippen LogP contribution in [0, 0.1) is 0 Å². The van der Waals surface area contributed by atoms with Crippen molar-refractivity contribution in [1.82, 2.24) is 26.6 Å². The summed E-state index contributed by atoms with van der Waals surface area (Å²) >= 11 is 0. The summed E-state index contributed by atoms with van der Waals surface area (Å²) in [4.78, 5) is 96.3. The van der Waals surface area contributed by atoms with Crippen LogP contribution in [0.1, 0.15) is 95.5 Å². The van der Waals surface area contributed by atoms with Gasteiger partial charge in [0.2, 0.25) is 23.6 Å². The van der Waals surface area contributed by atoms with Gasteiger partial charge in [-0.2, -0.15) is 0 Å². The van der Waals surface area contributed by atoms with Gasteiger partial charge >= 0.3 is 11.9 Å². The van der Waals surface area contributed by atoms with Crippen molar-refractivity contribution in [2.45, 2.75) is 81.9 Å². The molecule has 23 nitrogen and oxygen atoms in total. The molecule has 1 heterocycles. The third kappa shape index (κ3) is 16.7. The number of anilines is 1. The summed E-state index contributed by atoms with van der Waals surface area (Å²) in [5, 5.41) is 36.3. The number of hydrogen-bond donors (Lipinski definition) is 9. The van der Waals surface area contributed by atoms with Gasteiger partial charge in [0.05, 0.1) is 12.1 Å². The summed E-state index contributed by atoms with van der Waals surface area (Å²) < 4.78 is 8.35. The molecule has 2 aromatic rings. The Morgan fingerprint density at radius 1 is 0.843 bits per heavy atom. The maximum Gasteiger partial charge on any atom is 0.335 e. The largest absolute Gasteiger partial charge is 0.482 e. The molecule has 70 heavy (non-hydrogen) atoms. The normalized spacial score (nSPS) is 15.1. The first-order chi connectivity index (χ1) is 33.4. The van der Waals surface area contributed by atoms with Crippen LogP contribution >= 0.6 is 0 Å². The second kappa shape index (κ2) is 27.2. The molecular weight excluding hydrogens is 907 g/mol. The van der Waals surface area contributed by atoms with Gasteiger partial charge in [-0.1, -0.05) is 11.5 Å². The van der Waals surface area contributed by atoms with E-state index in [1.165, 1.54) is 12.1 Å². The number of carbonyl (C=O) groups excluding carboxylic acids is 5. The molecule has 2 aliphatic rings. The number of aromatic carboxylic acids is 1. The number of rotatable bonds is 27. The summed E-state index contributed by atoms with van der Waals surface area (Å²) in [6, 6.07) is 8.12. The van der Waals surface area contributed by atoms with Crippen molar-refractivity contribution in [1.29, 1.82) is 0 Å². The zero-order valence-electron chi connectivity index (χ0n) is 39.9. The van der Waals surface area contributed by atoms with Crippen LogP contribution in [0.2, 0.25) is 0 Å². The molecule has 0 radical (unpaired) electrons. The number of amides is 5. The number of carboxylic acids is 2. The minimum atomic E-state index is -1.19. The van der Waals surface area contributed by atoms with Crippen molar-refractivity contribution in [3.8, 4) is 5.75 Å². The van der Waals surface area contributed by atoms with E-state index in [2.05, 4.69) is 41.6 Å². The van der Waals surface area contributed by atoms with Crippen LogP contribution in [0.15, 0.2) is 70.3 Å². The lowest BCUT2D eigenvalue weighted by Crippen LogP contribution is -2.49. The van der Waals surface area contributed by atoms with Crippen LogP contribution in [0.5, 0.6) is 5.75 Å². The lowest BCUT2D eigenvalue weighted by molar-refractivity contribution is -0.462. The number of fused-ring (bicyclic) bond motifs is 2. The number of azide groups is 1. The van der Waals surface area contributed by atoms with E-state index >= 15 is 0 Å². The van der Waals surface area contributed by atoms with Crippen LogP contribution in [0.25, 0.3) is 10.4 Å². The predicted molar refractivity (Wildman–Crippen MR) is 261 cm³/mol. The van der Waals surface area contributed by atoms with E-state index in [1.54, 1.807) is 6.07 Å². The Balaban J connectivity index is 1.22. The molecule has 2 aromatic carbocycles. The summed E-state index contributed by atoms with van der Waals surface area (Å²) in [6.45, 7) is -0.234. The number of carbonyl (C=O) groups is 7. The average Bonchev–Trinajstić information content (AvgIpc) is 3.32. The molecule has 23 heteroatoms. The number of unbranched alkanes of at least 4 members (excludes halogenated alkanes) is 3. The number of hydrogen-bond acceptors (Lipinski definition) is 11. The maximum atomic E-state index is 13.6. The zero-order chi connectivity index (χ0) is 51.3. The van der Waals surface area contributed by atoms with Crippen molar-refractivity contribution < 1.29 is 53.1 Å². The van der Waals surface area contributed by atoms with Gasteiger partial charge in [-0.15, -0.1) is 0 Å². The number of nitrogens with two attached hydrogens (primary N) is 2. The molecule has 0 saturated carbocycles. The molecule has 0 saturated heterocycles. The molecule has 2 unspecified atom stereocenters. The second-order valence-corrected chi connectivity index (χ2v) is 17.1. The third-order valence-electron chi connectivity index (χ3n) is 11.4. The van der Waals surface area contributed by atoms with Gasteiger partial charge in [0.1, 0.15) is 44.6 Å². The SMILES string of the molecule is CN(C)c1ccc2c(c1)C(c1cc(C(=O)NCCCC[C@H](NC(=O)CCCCCNC(=O)CNC(=O)[C@H](CCCN=C(N)N)NC(=O)CN=[N+]=[N-])C(=O)O)ccc1C(=O)O)C1=CC(=[N+](C)C)C=CC1O2. The monoisotopic (exact) mass is 970 g/mol. The van der Waals surface area contributed by atoms with E-state index < -0.39 is 72.1 Å². The number of nitrogens with zero attached hydrogens (tertiary/aromatic N) is 6. The highest BCUT2D eigenvalue weighted by Crippen LogP contribution is 2.47. The quantitative estimate of drug-likeness (QED) is 0.0117. The Morgan fingerprint density at radius 2 is 1.56 bits per heavy atom. The Kier molecular flexibility index (Phi) is 21.2. The highest BCUT2D eigenvalue weighted by Gasteiger charge is 2.38. The minimum Gasteiger partial charge on any atom is -0.482 e. The number of ether oxygens (including phenoxy) is 1. The molecule has 4 atom stereocenters. The van der Waals surface area contributed by atoms with Crippen molar-refractivity contribution >= 4 is 58.8 Å². The van der Waals surface area contributed by atoms with Crippen molar-refractivity contribution in [3.63, 3.8) is 0 Å². The van der Waals surface area contributed by atoms with Crippen LogP contribution < -0.4 is 47.7 Å². The van der Waals surface area contributed by atoms with Gasteiger partial charge in [0.15, 0.2) is 11.7 Å². The molecule has 4 rings (SSSR count). The average molecular weight is 971 g/mol. The predicted octanol–water partition coefficient (Wildman–Crippen LogP) is 1.66. The van der Waals surface area contributed by atoms with Crippen molar-refractivity contribution in [2.24, 2.45) is 21.6 Å². The molecule has 376 valence electrons. The van der Waals surface area contributed by atoms with E-state index in [9.17, 15) is 43.8 Å². The number of nitrogens with one attached hydrogen (secondary N) is 5. The van der Waals surface area contributed by atoms with Gasteiger partial charge < -0.3 is 57.9 Å². The fourth-order valence-electron chi connectivity index (χ4n) is 7.76. The molecule has 0 fully saturated rings. The van der Waals surface area contributed by atoms with E-state index in [1.807, 2.05) is 74.1 Å². The highest BCUT2D eigenvalue weighted by atomic mass is 16.5. The number of allylic oxidation sites excluding steroid dienone is 2. The molecule has 1 aliphatic carbocycles. The highest BCUT2D eigenvalue weighted by molar-refractivity contribution is 6.03. The van der Waals surface area contributed by atoms with Gasteiger partial charge in [-0.05, 0) is 104 Å². The van der Waals surface area contributed by atoms with Crippen LogP contribution in [0.3, 0.4) is 0 Å². The van der Waals surface area contributed by atoms with E-state index in [0.29, 0.717) is 49.8 Å². The molecule has 11 N–H and O–H groups in total. The van der Waals surface area contributed by atoms with E-state index in [0.717, 1.165) is 22.5 Å². The van der Waals surface area contributed by atoms with E-state index in [-0.39, 0.29) is 62.5 Å². The fraction of sp³-hybridized carbons (Fsp3) is 0.468. The Hall–Kier alpha value is -7.94. The molecule has 0 aromatic heterocycles. The van der Waals surface area contributed by atoms with Gasteiger partial charge in [-0.3, -0.25) is 29.0 Å². The molecular formula is C47H64N13O10+. The smallest absolute Gasteiger partial charge is 0.335 e. The Bertz CT molecular complexity index is 2440. The molecule has 0 spiro atoms. The van der Waals surface area contributed by atoms with Crippen LogP contribution in [-0.4, -0.2) is 147 Å². The van der Waals surface area contributed by atoms with Crippen molar-refractivity contribution in [2.75, 3.05) is 65.8 Å². The number of aliphatic carboxylic acids is 1. The molecule has 0 bridgehead atoms.